The Hall–Kier alpha value is -3.55. The molecule has 0 fully saturated rings. The number of anilines is 3. The highest BCUT2D eigenvalue weighted by atomic mass is 35.5. The monoisotopic (exact) mass is 455 g/mol. The summed E-state index contributed by atoms with van der Waals surface area (Å²) in [5, 5.41) is 19.1. The van der Waals surface area contributed by atoms with Gasteiger partial charge >= 0.3 is 5.63 Å². The SMILES string of the molecule is O=c1cc(Nc2ccc(NCc3c(Cl)cccc3Cl)cc2)c2cc([N+](=O)[O-])ccc2o1. The normalized spacial score (nSPS) is 10.8. The van der Waals surface area contributed by atoms with E-state index in [2.05, 4.69) is 10.6 Å². The van der Waals surface area contributed by atoms with E-state index in [0.29, 0.717) is 33.4 Å². The van der Waals surface area contributed by atoms with Gasteiger partial charge in [-0.1, -0.05) is 29.3 Å². The maximum Gasteiger partial charge on any atom is 0.338 e. The van der Waals surface area contributed by atoms with Crippen molar-refractivity contribution in [1.29, 1.82) is 0 Å². The Kier molecular flexibility index (Phi) is 5.79. The van der Waals surface area contributed by atoms with E-state index in [1.807, 2.05) is 24.3 Å². The average Bonchev–Trinajstić information content (AvgIpc) is 2.74. The first-order valence-electron chi connectivity index (χ1n) is 9.17. The predicted octanol–water partition coefficient (Wildman–Crippen LogP) is 6.36. The van der Waals surface area contributed by atoms with E-state index in [0.717, 1.165) is 11.3 Å². The van der Waals surface area contributed by atoms with Gasteiger partial charge < -0.3 is 15.1 Å². The lowest BCUT2D eigenvalue weighted by Crippen LogP contribution is -2.02. The van der Waals surface area contributed by atoms with Crippen LogP contribution < -0.4 is 16.3 Å². The molecule has 4 aromatic rings. The van der Waals surface area contributed by atoms with Crippen LogP contribution >= 0.6 is 23.2 Å². The number of non-ortho nitro benzene ring substituents is 1. The highest BCUT2D eigenvalue weighted by molar-refractivity contribution is 6.36. The Morgan fingerprint density at radius 1 is 0.935 bits per heavy atom. The van der Waals surface area contributed by atoms with Gasteiger partial charge in [0.05, 0.1) is 10.6 Å². The van der Waals surface area contributed by atoms with Crippen LogP contribution in [0.4, 0.5) is 22.7 Å². The molecule has 0 aliphatic heterocycles. The largest absolute Gasteiger partial charge is 0.423 e. The number of rotatable bonds is 6. The quantitative estimate of drug-likeness (QED) is 0.199. The van der Waals surface area contributed by atoms with E-state index < -0.39 is 10.5 Å². The van der Waals surface area contributed by atoms with Crippen molar-refractivity contribution in [2.75, 3.05) is 10.6 Å². The van der Waals surface area contributed by atoms with Crippen molar-refractivity contribution in [3.8, 4) is 0 Å². The average molecular weight is 456 g/mol. The summed E-state index contributed by atoms with van der Waals surface area (Å²) in [4.78, 5) is 22.5. The molecule has 4 rings (SSSR count). The smallest absolute Gasteiger partial charge is 0.338 e. The van der Waals surface area contributed by atoms with Crippen LogP contribution in [0.15, 0.2) is 75.9 Å². The standard InChI is InChI=1S/C22H15Cl2N3O4/c23-18-2-1-3-19(24)17(18)12-25-13-4-6-14(7-5-13)26-20-11-22(28)31-21-9-8-15(27(29)30)10-16(20)21/h1-11,25-26H,12H2. The number of fused-ring (bicyclic) bond motifs is 1. The van der Waals surface area contributed by atoms with Gasteiger partial charge in [-0.25, -0.2) is 4.79 Å². The maximum atomic E-state index is 11.9. The van der Waals surface area contributed by atoms with Gasteiger partial charge in [-0.2, -0.15) is 0 Å². The van der Waals surface area contributed by atoms with E-state index in [4.69, 9.17) is 27.6 Å². The molecule has 1 aromatic heterocycles. The van der Waals surface area contributed by atoms with E-state index >= 15 is 0 Å². The molecule has 0 saturated carbocycles. The molecule has 0 aliphatic rings. The number of hydrogen-bond acceptors (Lipinski definition) is 6. The van der Waals surface area contributed by atoms with Gasteiger partial charge in [-0.05, 0) is 42.5 Å². The van der Waals surface area contributed by atoms with Crippen molar-refractivity contribution in [2.45, 2.75) is 6.54 Å². The second-order valence-corrected chi connectivity index (χ2v) is 7.49. The minimum absolute atomic E-state index is 0.0952. The first-order valence-corrected chi connectivity index (χ1v) is 9.92. The van der Waals surface area contributed by atoms with Crippen LogP contribution in [0, 0.1) is 10.1 Å². The number of hydrogen-bond donors (Lipinski definition) is 2. The number of nitro groups is 1. The molecule has 0 amide bonds. The van der Waals surface area contributed by atoms with Crippen LogP contribution in [0.5, 0.6) is 0 Å². The zero-order valence-electron chi connectivity index (χ0n) is 15.9. The predicted molar refractivity (Wildman–Crippen MR) is 123 cm³/mol. The molecule has 0 saturated heterocycles. The highest BCUT2D eigenvalue weighted by Gasteiger charge is 2.12. The fraction of sp³-hybridized carbons (Fsp3) is 0.0455. The van der Waals surface area contributed by atoms with Crippen molar-refractivity contribution in [3.63, 3.8) is 0 Å². The number of nitro benzene ring substituents is 1. The fourth-order valence-electron chi connectivity index (χ4n) is 3.09. The summed E-state index contributed by atoms with van der Waals surface area (Å²) in [6.07, 6.45) is 0. The Morgan fingerprint density at radius 2 is 1.61 bits per heavy atom. The molecule has 0 aliphatic carbocycles. The summed E-state index contributed by atoms with van der Waals surface area (Å²) in [7, 11) is 0. The molecule has 9 heteroatoms. The number of nitrogens with zero attached hydrogens (tertiary/aromatic N) is 1. The molecular formula is C22H15Cl2N3O4. The molecule has 2 N–H and O–H groups in total. The summed E-state index contributed by atoms with van der Waals surface area (Å²) in [5.41, 5.74) is 2.36. The van der Waals surface area contributed by atoms with Gasteiger partial charge in [-0.3, -0.25) is 10.1 Å². The van der Waals surface area contributed by atoms with Crippen LogP contribution in [0.3, 0.4) is 0 Å². The summed E-state index contributed by atoms with van der Waals surface area (Å²) in [6.45, 7) is 0.458. The lowest BCUT2D eigenvalue weighted by Gasteiger charge is -2.12. The molecule has 156 valence electrons. The zero-order valence-corrected chi connectivity index (χ0v) is 17.4. The van der Waals surface area contributed by atoms with Crippen molar-refractivity contribution >= 4 is 56.9 Å². The van der Waals surface area contributed by atoms with Crippen LogP contribution in [0.1, 0.15) is 5.56 Å². The number of nitrogens with one attached hydrogen (secondary N) is 2. The Balaban J connectivity index is 1.55. The summed E-state index contributed by atoms with van der Waals surface area (Å²) in [6, 6.07) is 18.0. The molecule has 0 unspecified atom stereocenters. The van der Waals surface area contributed by atoms with Crippen molar-refractivity contribution in [2.24, 2.45) is 0 Å². The zero-order chi connectivity index (χ0) is 22.0. The molecule has 0 radical (unpaired) electrons. The topological polar surface area (TPSA) is 97.4 Å². The molecule has 0 bridgehead atoms. The van der Waals surface area contributed by atoms with Gasteiger partial charge in [0.2, 0.25) is 0 Å². The first kappa shape index (κ1) is 20.7. The Morgan fingerprint density at radius 3 is 2.29 bits per heavy atom. The first-order chi connectivity index (χ1) is 14.9. The van der Waals surface area contributed by atoms with Gasteiger partial charge in [0.1, 0.15) is 5.58 Å². The summed E-state index contributed by atoms with van der Waals surface area (Å²) in [5.74, 6) is 0. The minimum atomic E-state index is -0.557. The van der Waals surface area contributed by atoms with E-state index in [1.165, 1.54) is 24.3 Å². The summed E-state index contributed by atoms with van der Waals surface area (Å²) >= 11 is 12.4. The lowest BCUT2D eigenvalue weighted by atomic mass is 10.1. The van der Waals surface area contributed by atoms with Gasteiger partial charge in [0.25, 0.3) is 5.69 Å². The maximum absolute atomic E-state index is 11.9. The Bertz CT molecular complexity index is 1320. The van der Waals surface area contributed by atoms with Crippen LogP contribution in [-0.4, -0.2) is 4.92 Å². The van der Waals surface area contributed by atoms with Crippen LogP contribution in [0.2, 0.25) is 10.0 Å². The lowest BCUT2D eigenvalue weighted by molar-refractivity contribution is -0.384. The molecule has 31 heavy (non-hydrogen) atoms. The van der Waals surface area contributed by atoms with Crippen LogP contribution in [0.25, 0.3) is 11.0 Å². The van der Waals surface area contributed by atoms with Crippen molar-refractivity contribution < 1.29 is 9.34 Å². The molecule has 7 nitrogen and oxygen atoms in total. The summed E-state index contributed by atoms with van der Waals surface area (Å²) < 4.78 is 5.14. The third-order valence-corrected chi connectivity index (χ3v) is 5.34. The molecule has 3 aromatic carbocycles. The second kappa shape index (κ2) is 8.67. The Labute approximate surface area is 186 Å². The van der Waals surface area contributed by atoms with Crippen LogP contribution in [-0.2, 0) is 6.54 Å². The third-order valence-electron chi connectivity index (χ3n) is 4.63. The van der Waals surface area contributed by atoms with Gasteiger partial charge in [0.15, 0.2) is 0 Å². The number of halogens is 2. The van der Waals surface area contributed by atoms with E-state index in [-0.39, 0.29) is 11.3 Å². The highest BCUT2D eigenvalue weighted by Crippen LogP contribution is 2.29. The molecule has 0 atom stereocenters. The van der Waals surface area contributed by atoms with Gasteiger partial charge in [-0.15, -0.1) is 0 Å². The number of benzene rings is 3. The molecular weight excluding hydrogens is 441 g/mol. The second-order valence-electron chi connectivity index (χ2n) is 6.67. The minimum Gasteiger partial charge on any atom is -0.423 e. The fourth-order valence-corrected chi connectivity index (χ4v) is 3.62. The molecule has 1 heterocycles. The van der Waals surface area contributed by atoms with Crippen molar-refractivity contribution in [3.05, 3.63) is 103 Å². The third kappa shape index (κ3) is 4.63. The van der Waals surface area contributed by atoms with E-state index in [1.54, 1.807) is 18.2 Å². The van der Waals surface area contributed by atoms with E-state index in [9.17, 15) is 14.9 Å². The molecule has 0 spiro atoms. The van der Waals surface area contributed by atoms with Crippen molar-refractivity contribution in [1.82, 2.24) is 0 Å². The van der Waals surface area contributed by atoms with Gasteiger partial charge in [0, 0.05) is 57.1 Å².